The maximum absolute atomic E-state index is 13.0. The van der Waals surface area contributed by atoms with Crippen LogP contribution in [-0.2, 0) is 11.2 Å². The van der Waals surface area contributed by atoms with Crippen LogP contribution in [0.25, 0.3) is 0 Å². The van der Waals surface area contributed by atoms with E-state index in [2.05, 4.69) is 17.6 Å². The van der Waals surface area contributed by atoms with Crippen LogP contribution in [0.5, 0.6) is 0 Å². The highest BCUT2D eigenvalue weighted by atomic mass is 19.1. The molecular weight excluding hydrogens is 262 g/mol. The average molecular weight is 282 g/mol. The maximum Gasteiger partial charge on any atom is 0.237 e. The second-order valence-corrected chi connectivity index (χ2v) is 5.37. The third-order valence-corrected chi connectivity index (χ3v) is 3.57. The van der Waals surface area contributed by atoms with Gasteiger partial charge >= 0.3 is 0 Å². The Hall–Kier alpha value is -1.49. The van der Waals surface area contributed by atoms with Crippen molar-refractivity contribution in [2.24, 2.45) is 0 Å². The topological polar surface area (TPSA) is 41.1 Å². The van der Waals surface area contributed by atoms with Crippen molar-refractivity contribution in [3.8, 4) is 0 Å². The first-order valence-electron chi connectivity index (χ1n) is 7.03. The van der Waals surface area contributed by atoms with Crippen LogP contribution in [0.3, 0.4) is 0 Å². The summed E-state index contributed by atoms with van der Waals surface area (Å²) in [6.45, 7) is 2.45. The summed E-state index contributed by atoms with van der Waals surface area (Å²) in [5.74, 6) is -1.21. The number of halogens is 2. The first-order valence-corrected chi connectivity index (χ1v) is 7.03. The van der Waals surface area contributed by atoms with Gasteiger partial charge in [-0.25, -0.2) is 8.78 Å². The first-order chi connectivity index (χ1) is 9.54. The minimum absolute atomic E-state index is 0.0339. The van der Waals surface area contributed by atoms with E-state index in [4.69, 9.17) is 0 Å². The van der Waals surface area contributed by atoms with Gasteiger partial charge in [-0.3, -0.25) is 4.79 Å². The monoisotopic (exact) mass is 282 g/mol. The molecule has 0 aliphatic carbocycles. The molecule has 1 amide bonds. The van der Waals surface area contributed by atoms with Crippen molar-refractivity contribution in [2.45, 2.75) is 44.7 Å². The van der Waals surface area contributed by atoms with Crippen LogP contribution < -0.4 is 10.6 Å². The van der Waals surface area contributed by atoms with Crippen molar-refractivity contribution in [3.63, 3.8) is 0 Å². The molecule has 1 aromatic carbocycles. The van der Waals surface area contributed by atoms with Gasteiger partial charge in [0.05, 0.1) is 6.04 Å². The zero-order valence-electron chi connectivity index (χ0n) is 11.6. The van der Waals surface area contributed by atoms with Gasteiger partial charge in [-0.2, -0.15) is 0 Å². The van der Waals surface area contributed by atoms with Crippen molar-refractivity contribution in [3.05, 3.63) is 35.4 Å². The van der Waals surface area contributed by atoms with E-state index in [1.807, 2.05) is 0 Å². The van der Waals surface area contributed by atoms with Crippen LogP contribution in [0.15, 0.2) is 18.2 Å². The Morgan fingerprint density at radius 1 is 1.30 bits per heavy atom. The predicted molar refractivity (Wildman–Crippen MR) is 73.3 cm³/mol. The number of nitrogens with one attached hydrogen (secondary N) is 2. The summed E-state index contributed by atoms with van der Waals surface area (Å²) >= 11 is 0. The second kappa shape index (κ2) is 6.79. The maximum atomic E-state index is 13.0. The van der Waals surface area contributed by atoms with E-state index in [-0.39, 0.29) is 11.9 Å². The van der Waals surface area contributed by atoms with Gasteiger partial charge in [0.15, 0.2) is 0 Å². The Kier molecular flexibility index (Phi) is 5.06. The fourth-order valence-corrected chi connectivity index (χ4v) is 2.55. The number of hydrogen-bond acceptors (Lipinski definition) is 2. The summed E-state index contributed by atoms with van der Waals surface area (Å²) in [6.07, 6.45) is 3.39. The van der Waals surface area contributed by atoms with E-state index in [1.165, 1.54) is 12.1 Å². The van der Waals surface area contributed by atoms with Crippen molar-refractivity contribution in [1.29, 1.82) is 0 Å². The van der Waals surface area contributed by atoms with E-state index in [0.29, 0.717) is 24.6 Å². The molecule has 1 aliphatic rings. The number of benzene rings is 1. The molecule has 2 N–H and O–H groups in total. The Bertz CT molecular complexity index is 459. The second-order valence-electron chi connectivity index (χ2n) is 5.37. The molecule has 2 unspecified atom stereocenters. The number of rotatable bonds is 4. The van der Waals surface area contributed by atoms with Crippen LogP contribution in [0.4, 0.5) is 8.78 Å². The molecule has 5 heteroatoms. The molecule has 0 aromatic heterocycles. The Labute approximate surface area is 117 Å². The van der Waals surface area contributed by atoms with Crippen LogP contribution in [0, 0.1) is 11.6 Å². The van der Waals surface area contributed by atoms with E-state index in [0.717, 1.165) is 25.3 Å². The van der Waals surface area contributed by atoms with E-state index >= 15 is 0 Å². The highest BCUT2D eigenvalue weighted by Gasteiger charge is 2.23. The molecule has 1 aliphatic heterocycles. The lowest BCUT2D eigenvalue weighted by Crippen LogP contribution is -2.50. The molecule has 0 saturated carbocycles. The third-order valence-electron chi connectivity index (χ3n) is 3.57. The van der Waals surface area contributed by atoms with Crippen molar-refractivity contribution in [1.82, 2.24) is 10.6 Å². The SMILES string of the molecule is CC1CCCC(C(=O)NCCc2cc(F)cc(F)c2)N1. The van der Waals surface area contributed by atoms with Crippen LogP contribution in [0.2, 0.25) is 0 Å². The molecule has 1 heterocycles. The molecular formula is C15H20F2N2O. The fourth-order valence-electron chi connectivity index (χ4n) is 2.55. The van der Waals surface area contributed by atoms with Crippen LogP contribution >= 0.6 is 0 Å². The van der Waals surface area contributed by atoms with E-state index < -0.39 is 11.6 Å². The molecule has 3 nitrogen and oxygen atoms in total. The number of carbonyl (C=O) groups excluding carboxylic acids is 1. The van der Waals surface area contributed by atoms with Crippen molar-refractivity contribution in [2.75, 3.05) is 6.54 Å². The number of hydrogen-bond donors (Lipinski definition) is 2. The highest BCUT2D eigenvalue weighted by molar-refractivity contribution is 5.81. The van der Waals surface area contributed by atoms with Gasteiger partial charge in [0.25, 0.3) is 0 Å². The number of amides is 1. The van der Waals surface area contributed by atoms with Gasteiger partial charge in [0, 0.05) is 18.7 Å². The zero-order valence-corrected chi connectivity index (χ0v) is 11.6. The first kappa shape index (κ1) is 14.9. The molecule has 2 atom stereocenters. The van der Waals surface area contributed by atoms with Crippen LogP contribution in [-0.4, -0.2) is 24.5 Å². The molecule has 0 bridgehead atoms. The molecule has 0 radical (unpaired) electrons. The Morgan fingerprint density at radius 3 is 2.65 bits per heavy atom. The highest BCUT2D eigenvalue weighted by Crippen LogP contribution is 2.12. The molecule has 1 saturated heterocycles. The normalized spacial score (nSPS) is 22.6. The lowest BCUT2D eigenvalue weighted by molar-refractivity contribution is -0.123. The third kappa shape index (κ3) is 4.27. The summed E-state index contributed by atoms with van der Waals surface area (Å²) in [5, 5.41) is 6.06. The smallest absolute Gasteiger partial charge is 0.237 e. The van der Waals surface area contributed by atoms with E-state index in [1.54, 1.807) is 0 Å². The lowest BCUT2D eigenvalue weighted by atomic mass is 9.99. The standard InChI is InChI=1S/C15H20F2N2O/c1-10-3-2-4-14(19-10)15(20)18-6-5-11-7-12(16)9-13(17)8-11/h7-10,14,19H,2-6H2,1H3,(H,18,20). The van der Waals surface area contributed by atoms with Gasteiger partial charge < -0.3 is 10.6 Å². The molecule has 1 fully saturated rings. The minimum atomic E-state index is -0.589. The number of piperidine rings is 1. The summed E-state index contributed by atoms with van der Waals surface area (Å²) in [4.78, 5) is 11.9. The zero-order chi connectivity index (χ0) is 14.5. The summed E-state index contributed by atoms with van der Waals surface area (Å²) in [6, 6.07) is 3.63. The van der Waals surface area contributed by atoms with Gasteiger partial charge in [-0.15, -0.1) is 0 Å². The molecule has 0 spiro atoms. The van der Waals surface area contributed by atoms with E-state index in [9.17, 15) is 13.6 Å². The number of carbonyl (C=O) groups is 1. The summed E-state index contributed by atoms with van der Waals surface area (Å²) in [5.41, 5.74) is 0.549. The molecule has 2 rings (SSSR count). The Balaban J connectivity index is 1.78. The van der Waals surface area contributed by atoms with Gasteiger partial charge in [0.2, 0.25) is 5.91 Å². The predicted octanol–water partition coefficient (Wildman–Crippen LogP) is 2.15. The summed E-state index contributed by atoms with van der Waals surface area (Å²) < 4.78 is 26.0. The Morgan fingerprint density at radius 2 is 2.00 bits per heavy atom. The van der Waals surface area contributed by atoms with Gasteiger partial charge in [0.1, 0.15) is 11.6 Å². The molecule has 20 heavy (non-hydrogen) atoms. The van der Waals surface area contributed by atoms with Crippen molar-refractivity contribution < 1.29 is 13.6 Å². The molecule has 110 valence electrons. The van der Waals surface area contributed by atoms with Crippen molar-refractivity contribution >= 4 is 5.91 Å². The van der Waals surface area contributed by atoms with Gasteiger partial charge in [-0.1, -0.05) is 0 Å². The average Bonchev–Trinajstić information content (AvgIpc) is 2.37. The van der Waals surface area contributed by atoms with Gasteiger partial charge in [-0.05, 0) is 50.3 Å². The quantitative estimate of drug-likeness (QED) is 0.888. The summed E-state index contributed by atoms with van der Waals surface area (Å²) in [7, 11) is 0. The minimum Gasteiger partial charge on any atom is -0.354 e. The fraction of sp³-hybridized carbons (Fsp3) is 0.533. The molecule has 1 aromatic rings. The largest absolute Gasteiger partial charge is 0.354 e. The lowest BCUT2D eigenvalue weighted by Gasteiger charge is -2.27. The van der Waals surface area contributed by atoms with Crippen LogP contribution in [0.1, 0.15) is 31.7 Å².